The summed E-state index contributed by atoms with van der Waals surface area (Å²) < 4.78 is 34.8. The van der Waals surface area contributed by atoms with Crippen LogP contribution in [-0.4, -0.2) is 74.9 Å². The molecular formula is C88H143NO8P+. The summed E-state index contributed by atoms with van der Waals surface area (Å²) in [7, 11) is 1.44. The zero-order chi connectivity index (χ0) is 71.1. The Hall–Kier alpha value is -5.41. The van der Waals surface area contributed by atoms with Crippen molar-refractivity contribution in [2.75, 3.05) is 47.5 Å². The van der Waals surface area contributed by atoms with Crippen LogP contribution in [0.4, 0.5) is 0 Å². The van der Waals surface area contributed by atoms with Crippen LogP contribution in [-0.2, 0) is 32.7 Å². The van der Waals surface area contributed by atoms with Crippen molar-refractivity contribution in [2.45, 2.75) is 290 Å². The van der Waals surface area contributed by atoms with E-state index in [0.29, 0.717) is 17.4 Å². The summed E-state index contributed by atoms with van der Waals surface area (Å²) >= 11 is 0. The predicted octanol–water partition coefficient (Wildman–Crippen LogP) is 26.2. The maximum atomic E-state index is 12.9. The number of quaternary nitrogens is 1. The van der Waals surface area contributed by atoms with Crippen LogP contribution in [0.2, 0.25) is 0 Å². The molecule has 98 heavy (non-hydrogen) atoms. The van der Waals surface area contributed by atoms with Crippen molar-refractivity contribution in [2.24, 2.45) is 0 Å². The van der Waals surface area contributed by atoms with Gasteiger partial charge in [0.1, 0.15) is 19.8 Å². The second-order valence-electron chi connectivity index (χ2n) is 26.3. The molecule has 0 aliphatic carbocycles. The summed E-state index contributed by atoms with van der Waals surface area (Å²) in [5.41, 5.74) is 0. The minimum atomic E-state index is -4.41. The zero-order valence-corrected chi connectivity index (χ0v) is 63.8. The Morgan fingerprint density at radius 2 is 0.551 bits per heavy atom. The lowest BCUT2D eigenvalue weighted by Gasteiger charge is -2.24. The number of rotatable bonds is 69. The lowest BCUT2D eigenvalue weighted by atomic mass is 10.0. The first-order valence-electron chi connectivity index (χ1n) is 38.8. The van der Waals surface area contributed by atoms with Crippen molar-refractivity contribution < 1.29 is 42.1 Å². The minimum Gasteiger partial charge on any atom is -0.462 e. The van der Waals surface area contributed by atoms with Crippen molar-refractivity contribution in [3.05, 3.63) is 207 Å². The summed E-state index contributed by atoms with van der Waals surface area (Å²) in [6, 6.07) is 0. The number of likely N-dealkylation sites (N-methyl/N-ethyl adjacent to an activating group) is 1. The Labute approximate surface area is 602 Å². The molecule has 0 bridgehead atoms. The van der Waals surface area contributed by atoms with E-state index >= 15 is 0 Å². The van der Waals surface area contributed by atoms with Gasteiger partial charge in [-0.1, -0.05) is 330 Å². The molecule has 0 heterocycles. The predicted molar refractivity (Wildman–Crippen MR) is 426 cm³/mol. The molecule has 552 valence electrons. The summed E-state index contributed by atoms with van der Waals surface area (Å²) in [5.74, 6) is -0.823. The molecule has 0 aromatic heterocycles. The molecule has 0 rings (SSSR count). The molecule has 0 saturated heterocycles. The third kappa shape index (κ3) is 79.6. The number of esters is 2. The molecule has 2 atom stereocenters. The van der Waals surface area contributed by atoms with Crippen LogP contribution in [0.15, 0.2) is 207 Å². The summed E-state index contributed by atoms with van der Waals surface area (Å²) in [6.07, 6.45) is 119. The molecule has 0 aliphatic rings. The van der Waals surface area contributed by atoms with E-state index in [4.69, 9.17) is 18.5 Å². The van der Waals surface area contributed by atoms with Crippen molar-refractivity contribution in [1.82, 2.24) is 0 Å². The fourth-order valence-corrected chi connectivity index (χ4v) is 10.7. The number of allylic oxidation sites excluding steroid dienone is 34. The summed E-state index contributed by atoms with van der Waals surface area (Å²) in [5, 5.41) is 0. The van der Waals surface area contributed by atoms with Gasteiger partial charge in [0.2, 0.25) is 0 Å². The lowest BCUT2D eigenvalue weighted by molar-refractivity contribution is -0.870. The standard InChI is InChI=1S/C88H142NO8P/c1-6-8-10-12-14-16-18-20-22-24-26-28-30-32-34-36-38-40-42-44-46-48-50-52-54-56-58-60-62-64-66-68-70-72-74-76-78-80-87(90)94-84-86(85-96-98(92,93)95-83-82-89(3,4)5)97-88(91)81-79-77-75-73-71-69-67-65-63-61-59-57-55-53-51-49-47-45-43-41-39-37-35-33-31-29-27-25-23-21-19-17-15-13-11-9-7-2/h8-11,14-17,20-23,26-29,32-35,38-41,44-47,51,53,57,59,63,65,86H,6-7,12-13,18-19,24-25,30-31,36-37,42-43,48-50,52,54-56,58,60-62,64,66-85H2,1-5H3/p+1/b10-8-,11-9-,16-14-,17-15-,22-20-,23-21-,28-26-,29-27-,34-32-,35-33-,40-38-,41-39-,46-44-,47-45-,53-51-,59-57-,65-63-. The fourth-order valence-electron chi connectivity index (χ4n) is 9.97. The Bertz CT molecular complexity index is 2410. The van der Waals surface area contributed by atoms with Crippen LogP contribution >= 0.6 is 7.82 Å². The van der Waals surface area contributed by atoms with E-state index in [2.05, 4.69) is 220 Å². The number of ether oxygens (including phenoxy) is 2. The van der Waals surface area contributed by atoms with E-state index in [1.54, 1.807) is 0 Å². The monoisotopic (exact) mass is 1370 g/mol. The highest BCUT2D eigenvalue weighted by Gasteiger charge is 2.27. The molecule has 0 spiro atoms. The highest BCUT2D eigenvalue weighted by atomic mass is 31.2. The van der Waals surface area contributed by atoms with E-state index < -0.39 is 26.5 Å². The Morgan fingerprint density at radius 3 is 0.816 bits per heavy atom. The second kappa shape index (κ2) is 75.8. The lowest BCUT2D eigenvalue weighted by Crippen LogP contribution is -2.37. The summed E-state index contributed by atoms with van der Waals surface area (Å²) in [4.78, 5) is 36.0. The van der Waals surface area contributed by atoms with Crippen LogP contribution in [0.5, 0.6) is 0 Å². The van der Waals surface area contributed by atoms with E-state index in [1.165, 1.54) is 83.5 Å². The van der Waals surface area contributed by atoms with Gasteiger partial charge in [-0.25, -0.2) is 4.57 Å². The maximum Gasteiger partial charge on any atom is 0.472 e. The van der Waals surface area contributed by atoms with Gasteiger partial charge in [-0.2, -0.15) is 0 Å². The largest absolute Gasteiger partial charge is 0.472 e. The average Bonchev–Trinajstić information content (AvgIpc) is 1.08. The van der Waals surface area contributed by atoms with E-state index in [-0.39, 0.29) is 32.0 Å². The van der Waals surface area contributed by atoms with Gasteiger partial charge in [-0.05, 0) is 148 Å². The number of nitrogens with zero attached hydrogens (tertiary/aromatic N) is 1. The third-order valence-corrected chi connectivity index (χ3v) is 16.8. The van der Waals surface area contributed by atoms with E-state index in [9.17, 15) is 19.0 Å². The molecule has 0 aromatic rings. The molecule has 1 N–H and O–H groups in total. The number of carbonyl (C=O) groups excluding carboxylic acids is 2. The number of carbonyl (C=O) groups is 2. The van der Waals surface area contributed by atoms with Crippen LogP contribution in [0.25, 0.3) is 0 Å². The van der Waals surface area contributed by atoms with Gasteiger partial charge in [0.15, 0.2) is 6.10 Å². The Morgan fingerprint density at radius 1 is 0.316 bits per heavy atom. The summed E-state index contributed by atoms with van der Waals surface area (Å²) in [6.45, 7) is 4.18. The smallest absolute Gasteiger partial charge is 0.462 e. The number of phosphoric acid groups is 1. The maximum absolute atomic E-state index is 12.9. The molecule has 0 radical (unpaired) electrons. The number of unbranched alkanes of at least 4 members (excludes halogenated alkanes) is 21. The third-order valence-electron chi connectivity index (χ3n) is 15.8. The van der Waals surface area contributed by atoms with Crippen molar-refractivity contribution in [3.8, 4) is 0 Å². The number of phosphoric ester groups is 1. The minimum absolute atomic E-state index is 0.0187. The second-order valence-corrected chi connectivity index (χ2v) is 27.7. The molecule has 0 aliphatic heterocycles. The SMILES string of the molecule is CC/C=C\C/C=C\C/C=C\C/C=C\C/C=C\C/C=C\C/C=C\C/C=C\C/C=C\C/C=C\CCCCCCCCC(=O)OC(COC(=O)CCCCCCCCCCCCCCCCC/C=C\C/C=C\C/C=C\C/C=C\C/C=C\C/C=C\C/C=C\CC)COP(=O)(O)OCC[N+](C)(C)C. The van der Waals surface area contributed by atoms with Crippen LogP contribution in [0.1, 0.15) is 284 Å². The first-order valence-corrected chi connectivity index (χ1v) is 40.3. The van der Waals surface area contributed by atoms with Gasteiger partial charge in [0.05, 0.1) is 27.7 Å². The van der Waals surface area contributed by atoms with Crippen LogP contribution in [0, 0.1) is 0 Å². The highest BCUT2D eigenvalue weighted by molar-refractivity contribution is 7.47. The molecule has 0 amide bonds. The highest BCUT2D eigenvalue weighted by Crippen LogP contribution is 2.43. The van der Waals surface area contributed by atoms with Gasteiger partial charge in [0, 0.05) is 12.8 Å². The molecule has 10 heteroatoms. The quantitative estimate of drug-likeness (QED) is 0.0211. The molecule has 2 unspecified atom stereocenters. The van der Waals surface area contributed by atoms with Gasteiger partial charge in [-0.3, -0.25) is 18.6 Å². The van der Waals surface area contributed by atoms with E-state index in [1.807, 2.05) is 21.1 Å². The van der Waals surface area contributed by atoms with Crippen LogP contribution in [0.3, 0.4) is 0 Å². The molecular weight excluding hydrogens is 1230 g/mol. The zero-order valence-electron chi connectivity index (χ0n) is 62.9. The molecule has 0 saturated carbocycles. The van der Waals surface area contributed by atoms with E-state index in [0.717, 1.165) is 167 Å². The normalized spacial score (nSPS) is 14.2. The Kier molecular flexibility index (Phi) is 71.6. The van der Waals surface area contributed by atoms with Crippen LogP contribution < -0.4 is 0 Å². The van der Waals surface area contributed by atoms with Crippen molar-refractivity contribution in [1.29, 1.82) is 0 Å². The number of hydrogen-bond donors (Lipinski definition) is 1. The first kappa shape index (κ1) is 92.6. The number of hydrogen-bond acceptors (Lipinski definition) is 7. The molecule has 0 fully saturated rings. The van der Waals surface area contributed by atoms with Gasteiger partial charge in [0.25, 0.3) is 0 Å². The Balaban J connectivity index is 4.11. The fraction of sp³-hybridized carbons (Fsp3) is 0.591. The van der Waals surface area contributed by atoms with Gasteiger partial charge in [-0.15, -0.1) is 0 Å². The molecule has 9 nitrogen and oxygen atoms in total. The van der Waals surface area contributed by atoms with Crippen molar-refractivity contribution >= 4 is 19.8 Å². The van der Waals surface area contributed by atoms with Gasteiger partial charge >= 0.3 is 19.8 Å². The van der Waals surface area contributed by atoms with Crippen molar-refractivity contribution in [3.63, 3.8) is 0 Å². The average molecular weight is 1370 g/mol. The first-order chi connectivity index (χ1) is 48.0. The van der Waals surface area contributed by atoms with Gasteiger partial charge < -0.3 is 18.9 Å². The topological polar surface area (TPSA) is 108 Å². The molecule has 0 aromatic carbocycles.